The summed E-state index contributed by atoms with van der Waals surface area (Å²) >= 11 is 5.73. The molecular weight excluding hydrogens is 242 g/mol. The van der Waals surface area contributed by atoms with E-state index in [4.69, 9.17) is 17.3 Å². The number of hydrogen-bond donors (Lipinski definition) is 2. The molecule has 3 N–H and O–H groups in total. The van der Waals surface area contributed by atoms with Crippen LogP contribution < -0.4 is 11.1 Å². The van der Waals surface area contributed by atoms with E-state index in [2.05, 4.69) is 15.3 Å². The van der Waals surface area contributed by atoms with E-state index < -0.39 is 0 Å². The molecule has 0 atom stereocenters. The molecule has 1 heterocycles. The third-order valence-corrected chi connectivity index (χ3v) is 2.66. The maximum absolute atomic E-state index is 11.7. The Morgan fingerprint density at radius 3 is 2.71 bits per heavy atom. The predicted molar refractivity (Wildman–Crippen MR) is 67.9 cm³/mol. The normalized spacial score (nSPS) is 10.1. The summed E-state index contributed by atoms with van der Waals surface area (Å²) < 4.78 is 0. The van der Waals surface area contributed by atoms with Crippen LogP contribution in [-0.4, -0.2) is 40.4 Å². The van der Waals surface area contributed by atoms with Crippen LogP contribution in [0.15, 0.2) is 6.33 Å². The molecule has 6 nitrogen and oxygen atoms in total. The number of aromatic nitrogens is 2. The monoisotopic (exact) mass is 257 g/mol. The number of nitrogens with zero attached hydrogens (tertiary/aromatic N) is 3. The molecule has 0 radical (unpaired) electrons. The molecule has 0 aliphatic rings. The Hall–Kier alpha value is -1.56. The lowest BCUT2D eigenvalue weighted by Crippen LogP contribution is -2.35. The molecular formula is C10H16ClN5O. The van der Waals surface area contributed by atoms with Crippen LogP contribution in [0.5, 0.6) is 0 Å². The summed E-state index contributed by atoms with van der Waals surface area (Å²) in [6.45, 7) is 5.35. The van der Waals surface area contributed by atoms with Crippen LogP contribution in [0.2, 0.25) is 5.15 Å². The zero-order chi connectivity index (χ0) is 12.8. The van der Waals surface area contributed by atoms with Crippen molar-refractivity contribution in [3.8, 4) is 0 Å². The van der Waals surface area contributed by atoms with Crippen molar-refractivity contribution in [2.45, 2.75) is 13.8 Å². The number of likely N-dealkylation sites (N-methyl/N-ethyl adjacent to an activating group) is 1. The predicted octanol–water partition coefficient (Wildman–Crippen LogP) is 0.992. The van der Waals surface area contributed by atoms with Gasteiger partial charge in [-0.2, -0.15) is 0 Å². The molecule has 1 amide bonds. The first-order valence-corrected chi connectivity index (χ1v) is 5.75. The Morgan fingerprint density at radius 2 is 2.12 bits per heavy atom. The first-order valence-electron chi connectivity index (χ1n) is 5.37. The van der Waals surface area contributed by atoms with Crippen LogP contribution in [0.1, 0.15) is 13.8 Å². The van der Waals surface area contributed by atoms with Gasteiger partial charge in [0.25, 0.3) is 0 Å². The Bertz CT molecular complexity index is 394. The van der Waals surface area contributed by atoms with Crippen LogP contribution >= 0.6 is 11.6 Å². The summed E-state index contributed by atoms with van der Waals surface area (Å²) in [7, 11) is 0. The number of halogens is 1. The molecule has 0 saturated carbocycles. The van der Waals surface area contributed by atoms with Gasteiger partial charge in [-0.05, 0) is 13.8 Å². The Balaban J connectivity index is 2.61. The van der Waals surface area contributed by atoms with Gasteiger partial charge >= 0.3 is 0 Å². The van der Waals surface area contributed by atoms with Gasteiger partial charge in [-0.3, -0.25) is 4.79 Å². The molecule has 0 unspecified atom stereocenters. The van der Waals surface area contributed by atoms with E-state index in [0.717, 1.165) is 0 Å². The minimum atomic E-state index is -0.0101. The van der Waals surface area contributed by atoms with Gasteiger partial charge in [0, 0.05) is 13.1 Å². The molecule has 0 fully saturated rings. The number of carbonyl (C=O) groups is 1. The quantitative estimate of drug-likeness (QED) is 0.769. The molecule has 0 spiro atoms. The third-order valence-electron chi connectivity index (χ3n) is 2.36. The molecule has 17 heavy (non-hydrogen) atoms. The SMILES string of the molecule is CCN(CC)C(=O)CNc1ncnc(Cl)c1N. The highest BCUT2D eigenvalue weighted by Gasteiger charge is 2.11. The Labute approximate surface area is 105 Å². The van der Waals surface area contributed by atoms with Gasteiger partial charge in [-0.1, -0.05) is 11.6 Å². The molecule has 1 rings (SSSR count). The van der Waals surface area contributed by atoms with Crippen molar-refractivity contribution in [2.75, 3.05) is 30.7 Å². The molecule has 0 saturated heterocycles. The van der Waals surface area contributed by atoms with Crippen LogP contribution in [0, 0.1) is 0 Å². The molecule has 1 aromatic heterocycles. The minimum Gasteiger partial charge on any atom is -0.393 e. The first-order chi connectivity index (χ1) is 8.10. The van der Waals surface area contributed by atoms with Crippen molar-refractivity contribution in [1.29, 1.82) is 0 Å². The molecule has 0 bridgehead atoms. The van der Waals surface area contributed by atoms with E-state index in [9.17, 15) is 4.79 Å². The van der Waals surface area contributed by atoms with Crippen LogP contribution in [0.4, 0.5) is 11.5 Å². The Morgan fingerprint density at radius 1 is 1.47 bits per heavy atom. The summed E-state index contributed by atoms with van der Waals surface area (Å²) in [5.74, 6) is 0.370. The first kappa shape index (κ1) is 13.5. The van der Waals surface area contributed by atoms with Crippen molar-refractivity contribution < 1.29 is 4.79 Å². The highest BCUT2D eigenvalue weighted by Crippen LogP contribution is 2.21. The number of rotatable bonds is 5. The lowest BCUT2D eigenvalue weighted by atomic mass is 10.4. The molecule has 0 aromatic carbocycles. The third kappa shape index (κ3) is 3.45. The number of anilines is 2. The summed E-state index contributed by atoms with van der Waals surface area (Å²) in [6, 6.07) is 0. The van der Waals surface area contributed by atoms with E-state index in [1.54, 1.807) is 4.90 Å². The average molecular weight is 258 g/mol. The maximum atomic E-state index is 11.7. The van der Waals surface area contributed by atoms with Gasteiger partial charge < -0.3 is 16.0 Å². The second-order valence-corrected chi connectivity index (χ2v) is 3.70. The van der Waals surface area contributed by atoms with Gasteiger partial charge in [0.2, 0.25) is 5.91 Å². The van der Waals surface area contributed by atoms with Gasteiger partial charge in [-0.25, -0.2) is 9.97 Å². The fourth-order valence-electron chi connectivity index (χ4n) is 1.36. The van der Waals surface area contributed by atoms with E-state index in [1.807, 2.05) is 13.8 Å². The average Bonchev–Trinajstić information content (AvgIpc) is 2.32. The highest BCUT2D eigenvalue weighted by molar-refractivity contribution is 6.32. The topological polar surface area (TPSA) is 84.1 Å². The standard InChI is InChI=1S/C10H16ClN5O/c1-3-16(4-2)7(17)5-13-10-8(12)9(11)14-6-15-10/h6H,3-5,12H2,1-2H3,(H,13,14,15). The molecule has 7 heteroatoms. The fraction of sp³-hybridized carbons (Fsp3) is 0.500. The molecule has 94 valence electrons. The zero-order valence-electron chi connectivity index (χ0n) is 9.90. The molecule has 0 aliphatic carbocycles. The van der Waals surface area contributed by atoms with Crippen molar-refractivity contribution in [3.63, 3.8) is 0 Å². The zero-order valence-corrected chi connectivity index (χ0v) is 10.7. The minimum absolute atomic E-state index is 0.0101. The maximum Gasteiger partial charge on any atom is 0.241 e. The van der Waals surface area contributed by atoms with Crippen molar-refractivity contribution in [3.05, 3.63) is 11.5 Å². The number of hydrogen-bond acceptors (Lipinski definition) is 5. The van der Waals surface area contributed by atoms with Crippen LogP contribution in [-0.2, 0) is 4.79 Å². The van der Waals surface area contributed by atoms with E-state index in [0.29, 0.717) is 18.9 Å². The van der Waals surface area contributed by atoms with E-state index in [1.165, 1.54) is 6.33 Å². The second kappa shape index (κ2) is 6.24. The van der Waals surface area contributed by atoms with Gasteiger partial charge in [0.1, 0.15) is 12.0 Å². The van der Waals surface area contributed by atoms with Crippen molar-refractivity contribution in [1.82, 2.24) is 14.9 Å². The van der Waals surface area contributed by atoms with Gasteiger partial charge in [0.05, 0.1) is 6.54 Å². The lowest BCUT2D eigenvalue weighted by Gasteiger charge is -2.19. The number of nitrogen functional groups attached to an aromatic ring is 1. The summed E-state index contributed by atoms with van der Waals surface area (Å²) in [4.78, 5) is 21.1. The largest absolute Gasteiger partial charge is 0.393 e. The highest BCUT2D eigenvalue weighted by atomic mass is 35.5. The van der Waals surface area contributed by atoms with E-state index in [-0.39, 0.29) is 23.3 Å². The van der Waals surface area contributed by atoms with Crippen LogP contribution in [0.3, 0.4) is 0 Å². The number of nitrogens with two attached hydrogens (primary N) is 1. The molecule has 0 aliphatic heterocycles. The number of nitrogens with one attached hydrogen (secondary N) is 1. The van der Waals surface area contributed by atoms with Gasteiger partial charge in [-0.15, -0.1) is 0 Å². The van der Waals surface area contributed by atoms with Crippen molar-refractivity contribution in [2.24, 2.45) is 0 Å². The Kier molecular flexibility index (Phi) is 4.96. The number of amides is 1. The fourth-order valence-corrected chi connectivity index (χ4v) is 1.50. The summed E-state index contributed by atoms with van der Waals surface area (Å²) in [5.41, 5.74) is 5.92. The van der Waals surface area contributed by atoms with E-state index >= 15 is 0 Å². The molecule has 1 aromatic rings. The number of carbonyl (C=O) groups excluding carboxylic acids is 1. The van der Waals surface area contributed by atoms with Gasteiger partial charge in [0.15, 0.2) is 11.0 Å². The lowest BCUT2D eigenvalue weighted by molar-refractivity contribution is -0.128. The summed E-state index contributed by atoms with van der Waals surface area (Å²) in [5, 5.41) is 3.03. The summed E-state index contributed by atoms with van der Waals surface area (Å²) in [6.07, 6.45) is 1.29. The second-order valence-electron chi connectivity index (χ2n) is 3.35. The van der Waals surface area contributed by atoms with Crippen molar-refractivity contribution >= 4 is 29.0 Å². The van der Waals surface area contributed by atoms with Crippen LogP contribution in [0.25, 0.3) is 0 Å². The smallest absolute Gasteiger partial charge is 0.241 e.